The number of amidine groups is 1. The van der Waals surface area contributed by atoms with Crippen molar-refractivity contribution < 1.29 is 9.53 Å². The molecule has 0 atom stereocenters. The molecule has 3 rings (SSSR count). The molecule has 1 heterocycles. The van der Waals surface area contributed by atoms with Crippen LogP contribution in [-0.4, -0.2) is 11.1 Å². The Hall–Kier alpha value is -3.04. The second kappa shape index (κ2) is 7.49. The number of carbonyl (C=O) groups is 1. The summed E-state index contributed by atoms with van der Waals surface area (Å²) in [4.78, 5) is 15.9. The molecular weight excluding hydrogens is 322 g/mol. The zero-order valence-corrected chi connectivity index (χ0v) is 13.4. The van der Waals surface area contributed by atoms with Crippen LogP contribution < -0.4 is 10.1 Å². The first kappa shape index (κ1) is 15.8. The van der Waals surface area contributed by atoms with Gasteiger partial charge in [0.25, 0.3) is 5.91 Å². The van der Waals surface area contributed by atoms with Crippen LogP contribution >= 0.6 is 11.8 Å². The van der Waals surface area contributed by atoms with E-state index >= 15 is 0 Å². The van der Waals surface area contributed by atoms with Crippen LogP contribution in [-0.2, 0) is 11.4 Å². The minimum atomic E-state index is -0.260. The summed E-state index contributed by atoms with van der Waals surface area (Å²) in [7, 11) is 0. The second-order valence-corrected chi connectivity index (χ2v) is 5.96. The fourth-order valence-corrected chi connectivity index (χ4v) is 2.89. The highest BCUT2D eigenvalue weighted by atomic mass is 32.2. The molecule has 2 aromatic rings. The third kappa shape index (κ3) is 4.03. The Morgan fingerprint density at radius 3 is 2.83 bits per heavy atom. The second-order valence-electron chi connectivity index (χ2n) is 4.93. The van der Waals surface area contributed by atoms with Crippen molar-refractivity contribution in [2.24, 2.45) is 4.99 Å². The van der Waals surface area contributed by atoms with E-state index in [9.17, 15) is 4.79 Å². The molecule has 1 saturated heterocycles. The van der Waals surface area contributed by atoms with E-state index in [0.717, 1.165) is 28.6 Å². The minimum Gasteiger partial charge on any atom is -0.489 e. The van der Waals surface area contributed by atoms with Gasteiger partial charge in [0, 0.05) is 0 Å². The molecule has 1 N–H and O–H groups in total. The van der Waals surface area contributed by atoms with Gasteiger partial charge >= 0.3 is 0 Å². The fourth-order valence-electron chi connectivity index (χ4n) is 2.11. The smallest absolute Gasteiger partial charge is 0.264 e. The normalized spacial score (nSPS) is 16.9. The van der Waals surface area contributed by atoms with Gasteiger partial charge in [-0.15, -0.1) is 4.99 Å². The predicted octanol–water partition coefficient (Wildman–Crippen LogP) is 3.31. The summed E-state index contributed by atoms with van der Waals surface area (Å²) in [5.41, 5.74) is 1.93. The average molecular weight is 335 g/mol. The third-order valence-electron chi connectivity index (χ3n) is 3.21. The number of thioether (sulfide) groups is 1. The Morgan fingerprint density at radius 2 is 2.04 bits per heavy atom. The lowest BCUT2D eigenvalue weighted by molar-refractivity contribution is -0.115. The molecule has 0 bridgehead atoms. The van der Waals surface area contributed by atoms with Gasteiger partial charge in [-0.3, -0.25) is 10.1 Å². The van der Waals surface area contributed by atoms with Crippen molar-refractivity contribution in [3.05, 3.63) is 70.6 Å². The van der Waals surface area contributed by atoms with Gasteiger partial charge in [-0.25, -0.2) is 0 Å². The molecular formula is C18H13N3O2S. The molecule has 1 fully saturated rings. The summed E-state index contributed by atoms with van der Waals surface area (Å²) in [6.07, 6.45) is 3.41. The number of benzene rings is 2. The summed E-state index contributed by atoms with van der Waals surface area (Å²) in [5.74, 6) is 0.465. The Bertz CT molecular complexity index is 854. The lowest BCUT2D eigenvalue weighted by Gasteiger charge is -2.07. The van der Waals surface area contributed by atoms with E-state index in [1.165, 1.54) is 0 Å². The molecule has 0 unspecified atom stereocenters. The highest BCUT2D eigenvalue weighted by Gasteiger charge is 2.23. The van der Waals surface area contributed by atoms with Crippen molar-refractivity contribution in [3.63, 3.8) is 0 Å². The van der Waals surface area contributed by atoms with Crippen LogP contribution in [0.3, 0.4) is 0 Å². The quantitative estimate of drug-likeness (QED) is 0.687. The number of carbonyl (C=O) groups excluding carboxylic acids is 1. The Morgan fingerprint density at radius 1 is 1.21 bits per heavy atom. The number of aliphatic imine (C=N–C) groups is 1. The topological polar surface area (TPSA) is 74.5 Å². The zero-order valence-electron chi connectivity index (χ0n) is 12.6. The van der Waals surface area contributed by atoms with Crippen LogP contribution in [0.4, 0.5) is 0 Å². The Labute approximate surface area is 143 Å². The van der Waals surface area contributed by atoms with Gasteiger partial charge in [-0.1, -0.05) is 42.5 Å². The van der Waals surface area contributed by atoms with E-state index in [1.54, 1.807) is 12.3 Å². The van der Waals surface area contributed by atoms with E-state index in [4.69, 9.17) is 10.00 Å². The van der Waals surface area contributed by atoms with Crippen molar-refractivity contribution in [2.45, 2.75) is 6.61 Å². The number of nitrogens with zero attached hydrogens (tertiary/aromatic N) is 2. The van der Waals surface area contributed by atoms with Crippen LogP contribution in [0, 0.1) is 11.5 Å². The first-order valence-electron chi connectivity index (χ1n) is 7.19. The maximum atomic E-state index is 11.8. The first-order valence-corrected chi connectivity index (χ1v) is 8.01. The van der Waals surface area contributed by atoms with E-state index in [1.807, 2.05) is 54.6 Å². The van der Waals surface area contributed by atoms with Crippen LogP contribution in [0.15, 0.2) is 64.5 Å². The third-order valence-corrected chi connectivity index (χ3v) is 4.12. The number of nitrogens with one attached hydrogen (secondary N) is 1. The number of rotatable bonds is 4. The monoisotopic (exact) mass is 335 g/mol. The van der Waals surface area contributed by atoms with E-state index in [0.29, 0.717) is 16.7 Å². The SMILES string of the molecule is N#CN=C1NC(=O)/C(=C/c2cccc(OCc3ccccc3)c2)S1. The maximum absolute atomic E-state index is 11.8. The van der Waals surface area contributed by atoms with Gasteiger partial charge < -0.3 is 4.74 Å². The summed E-state index contributed by atoms with van der Waals surface area (Å²) in [5, 5.41) is 11.4. The first-order chi connectivity index (χ1) is 11.7. The predicted molar refractivity (Wildman–Crippen MR) is 94.0 cm³/mol. The van der Waals surface area contributed by atoms with Crippen molar-refractivity contribution in [1.29, 1.82) is 5.26 Å². The van der Waals surface area contributed by atoms with E-state index in [-0.39, 0.29) is 5.91 Å². The number of nitriles is 1. The van der Waals surface area contributed by atoms with Crippen LogP contribution in [0.1, 0.15) is 11.1 Å². The molecule has 0 saturated carbocycles. The number of amides is 1. The summed E-state index contributed by atoms with van der Waals surface area (Å²) >= 11 is 1.14. The fraction of sp³-hybridized carbons (Fsp3) is 0.0556. The molecule has 6 heteroatoms. The number of hydrogen-bond donors (Lipinski definition) is 1. The highest BCUT2D eigenvalue weighted by molar-refractivity contribution is 8.18. The molecule has 1 aliphatic heterocycles. The summed E-state index contributed by atoms with van der Waals surface area (Å²) in [6, 6.07) is 17.4. The van der Waals surface area contributed by atoms with Crippen molar-refractivity contribution >= 4 is 28.9 Å². The molecule has 24 heavy (non-hydrogen) atoms. The summed E-state index contributed by atoms with van der Waals surface area (Å²) < 4.78 is 5.78. The number of hydrogen-bond acceptors (Lipinski definition) is 5. The molecule has 1 aliphatic rings. The van der Waals surface area contributed by atoms with Gasteiger partial charge in [0.2, 0.25) is 6.19 Å². The van der Waals surface area contributed by atoms with Gasteiger partial charge in [-0.05, 0) is 41.1 Å². The highest BCUT2D eigenvalue weighted by Crippen LogP contribution is 2.27. The van der Waals surface area contributed by atoms with E-state index < -0.39 is 0 Å². The van der Waals surface area contributed by atoms with E-state index in [2.05, 4.69) is 10.3 Å². The molecule has 2 aromatic carbocycles. The largest absolute Gasteiger partial charge is 0.489 e. The zero-order chi connectivity index (χ0) is 16.8. The lowest BCUT2D eigenvalue weighted by Crippen LogP contribution is -2.19. The van der Waals surface area contributed by atoms with Crippen LogP contribution in [0.25, 0.3) is 6.08 Å². The van der Waals surface area contributed by atoms with Crippen LogP contribution in [0.2, 0.25) is 0 Å². The molecule has 118 valence electrons. The Balaban J connectivity index is 1.72. The molecule has 0 spiro atoms. The van der Waals surface area contributed by atoms with Gasteiger partial charge in [0.1, 0.15) is 12.4 Å². The Kier molecular flexibility index (Phi) is 4.94. The summed E-state index contributed by atoms with van der Waals surface area (Å²) in [6.45, 7) is 0.481. The van der Waals surface area contributed by atoms with Crippen molar-refractivity contribution in [1.82, 2.24) is 5.32 Å². The molecule has 0 aromatic heterocycles. The molecule has 0 aliphatic carbocycles. The van der Waals surface area contributed by atoms with Gasteiger partial charge in [0.15, 0.2) is 5.17 Å². The average Bonchev–Trinajstić information content (AvgIpc) is 2.94. The molecule has 1 amide bonds. The van der Waals surface area contributed by atoms with Crippen LogP contribution in [0.5, 0.6) is 5.75 Å². The van der Waals surface area contributed by atoms with Gasteiger partial charge in [0.05, 0.1) is 4.91 Å². The maximum Gasteiger partial charge on any atom is 0.264 e. The minimum absolute atomic E-state index is 0.260. The van der Waals surface area contributed by atoms with Gasteiger partial charge in [-0.2, -0.15) is 5.26 Å². The lowest BCUT2D eigenvalue weighted by atomic mass is 10.2. The van der Waals surface area contributed by atoms with Crippen molar-refractivity contribution in [2.75, 3.05) is 0 Å². The van der Waals surface area contributed by atoms with Crippen molar-refractivity contribution in [3.8, 4) is 11.9 Å². The standard InChI is InChI=1S/C18H13N3O2S/c19-12-20-18-21-17(22)16(24-18)10-14-7-4-8-15(9-14)23-11-13-5-2-1-3-6-13/h1-10H,11H2,(H,20,21,22)/b16-10-. The molecule has 0 radical (unpaired) electrons. The number of ether oxygens (including phenoxy) is 1. The molecule has 5 nitrogen and oxygen atoms in total.